The summed E-state index contributed by atoms with van der Waals surface area (Å²) in [7, 11) is 0. The van der Waals surface area contributed by atoms with Crippen LogP contribution in [-0.2, 0) is 6.42 Å². The van der Waals surface area contributed by atoms with Crippen LogP contribution in [0.1, 0.15) is 17.3 Å². The summed E-state index contributed by atoms with van der Waals surface area (Å²) in [5.74, 6) is 1.12. The Hall–Kier alpha value is -1.42. The smallest absolute Gasteiger partial charge is 0.250 e. The fraction of sp³-hybridized carbons (Fsp3) is 0.0909. The summed E-state index contributed by atoms with van der Waals surface area (Å²) in [5, 5.41) is 3.85. The molecule has 0 saturated heterocycles. The van der Waals surface area contributed by atoms with Crippen molar-refractivity contribution in [3.63, 3.8) is 0 Å². The third-order valence-electron chi connectivity index (χ3n) is 1.96. The number of halogens is 1. The average molecular weight is 265 g/mol. The quantitative estimate of drug-likeness (QED) is 0.856. The van der Waals surface area contributed by atoms with Crippen molar-refractivity contribution in [2.24, 2.45) is 0 Å². The van der Waals surface area contributed by atoms with Crippen molar-refractivity contribution < 1.29 is 4.52 Å². The summed E-state index contributed by atoms with van der Waals surface area (Å²) in [4.78, 5) is 4.15. The molecule has 15 heavy (non-hydrogen) atoms. The molecule has 0 saturated carbocycles. The Labute approximate surface area is 95.9 Å². The van der Waals surface area contributed by atoms with Crippen LogP contribution in [0.25, 0.3) is 6.08 Å². The van der Waals surface area contributed by atoms with Gasteiger partial charge in [-0.25, -0.2) is 0 Å². The van der Waals surface area contributed by atoms with Crippen molar-refractivity contribution in [3.05, 3.63) is 52.6 Å². The predicted molar refractivity (Wildman–Crippen MR) is 61.3 cm³/mol. The Morgan fingerprint density at radius 3 is 2.87 bits per heavy atom. The Bertz CT molecular complexity index is 479. The Kier molecular flexibility index (Phi) is 2.97. The third-order valence-corrected chi connectivity index (χ3v) is 2.74. The maximum Gasteiger partial charge on any atom is 0.250 e. The molecule has 0 aliphatic rings. The van der Waals surface area contributed by atoms with Gasteiger partial charge in [0.15, 0.2) is 5.82 Å². The molecule has 0 bridgehead atoms. The predicted octanol–water partition coefficient (Wildman–Crippen LogP) is 3.07. The SMILES string of the molecule is C=Cc1nc(Cc2ccccc2Br)no1. The molecule has 1 heterocycles. The second-order valence-corrected chi connectivity index (χ2v) is 3.88. The van der Waals surface area contributed by atoms with Gasteiger partial charge in [0.2, 0.25) is 5.89 Å². The molecule has 3 nitrogen and oxygen atoms in total. The van der Waals surface area contributed by atoms with Crippen LogP contribution in [0.2, 0.25) is 0 Å². The lowest BCUT2D eigenvalue weighted by atomic mass is 10.1. The minimum atomic E-state index is 0.456. The van der Waals surface area contributed by atoms with Gasteiger partial charge in [-0.2, -0.15) is 4.98 Å². The van der Waals surface area contributed by atoms with Crippen molar-refractivity contribution in [3.8, 4) is 0 Å². The van der Waals surface area contributed by atoms with Crippen LogP contribution < -0.4 is 0 Å². The van der Waals surface area contributed by atoms with Crippen LogP contribution >= 0.6 is 15.9 Å². The van der Waals surface area contributed by atoms with Crippen LogP contribution in [0.3, 0.4) is 0 Å². The van der Waals surface area contributed by atoms with Crippen molar-refractivity contribution >= 4 is 22.0 Å². The Balaban J connectivity index is 2.22. The molecule has 0 N–H and O–H groups in total. The van der Waals surface area contributed by atoms with Crippen molar-refractivity contribution in [1.29, 1.82) is 0 Å². The van der Waals surface area contributed by atoms with Gasteiger partial charge in [0.25, 0.3) is 0 Å². The second-order valence-electron chi connectivity index (χ2n) is 3.02. The topological polar surface area (TPSA) is 38.9 Å². The van der Waals surface area contributed by atoms with Crippen molar-refractivity contribution in [1.82, 2.24) is 10.1 Å². The van der Waals surface area contributed by atoms with E-state index in [0.717, 1.165) is 10.0 Å². The zero-order valence-electron chi connectivity index (χ0n) is 7.98. The van der Waals surface area contributed by atoms with Gasteiger partial charge >= 0.3 is 0 Å². The molecule has 0 atom stereocenters. The zero-order chi connectivity index (χ0) is 10.7. The standard InChI is InChI=1S/C11H9BrN2O/c1-2-11-13-10(14-15-11)7-8-5-3-4-6-9(8)12/h2-6H,1,7H2. The summed E-state index contributed by atoms with van der Waals surface area (Å²) in [6.07, 6.45) is 2.19. The van der Waals surface area contributed by atoms with E-state index < -0.39 is 0 Å². The van der Waals surface area contributed by atoms with E-state index in [4.69, 9.17) is 4.52 Å². The maximum atomic E-state index is 4.93. The lowest BCUT2D eigenvalue weighted by Crippen LogP contribution is -1.91. The third kappa shape index (κ3) is 2.33. The van der Waals surface area contributed by atoms with Crippen LogP contribution in [0.4, 0.5) is 0 Å². The van der Waals surface area contributed by atoms with Crippen LogP contribution in [0.5, 0.6) is 0 Å². The van der Waals surface area contributed by atoms with E-state index >= 15 is 0 Å². The van der Waals surface area contributed by atoms with E-state index in [0.29, 0.717) is 18.1 Å². The molecule has 0 fully saturated rings. The molecule has 0 aliphatic heterocycles. The normalized spacial score (nSPS) is 10.2. The molecule has 0 radical (unpaired) electrons. The van der Waals surface area contributed by atoms with Gasteiger partial charge in [-0.1, -0.05) is 45.9 Å². The fourth-order valence-corrected chi connectivity index (χ4v) is 1.66. The monoisotopic (exact) mass is 264 g/mol. The van der Waals surface area contributed by atoms with Gasteiger partial charge in [-0.05, 0) is 17.7 Å². The maximum absolute atomic E-state index is 4.93. The van der Waals surface area contributed by atoms with Gasteiger partial charge in [0, 0.05) is 10.9 Å². The van der Waals surface area contributed by atoms with E-state index in [2.05, 4.69) is 32.6 Å². The summed E-state index contributed by atoms with van der Waals surface area (Å²) in [6, 6.07) is 7.96. The second kappa shape index (κ2) is 4.40. The molecule has 1 aromatic heterocycles. The highest BCUT2D eigenvalue weighted by atomic mass is 79.9. The molecule has 4 heteroatoms. The van der Waals surface area contributed by atoms with E-state index in [9.17, 15) is 0 Å². The average Bonchev–Trinajstić information content (AvgIpc) is 2.69. The summed E-state index contributed by atoms with van der Waals surface area (Å²) in [6.45, 7) is 3.56. The summed E-state index contributed by atoms with van der Waals surface area (Å²) >= 11 is 3.47. The number of hydrogen-bond acceptors (Lipinski definition) is 3. The van der Waals surface area contributed by atoms with Gasteiger partial charge < -0.3 is 4.52 Å². The largest absolute Gasteiger partial charge is 0.335 e. The molecule has 0 aliphatic carbocycles. The number of nitrogens with zero attached hydrogens (tertiary/aromatic N) is 2. The number of rotatable bonds is 3. The lowest BCUT2D eigenvalue weighted by molar-refractivity contribution is 0.404. The van der Waals surface area contributed by atoms with Crippen molar-refractivity contribution in [2.45, 2.75) is 6.42 Å². The van der Waals surface area contributed by atoms with E-state index in [1.165, 1.54) is 6.08 Å². The first kappa shape index (κ1) is 10.1. The van der Waals surface area contributed by atoms with Gasteiger partial charge in [0.05, 0.1) is 0 Å². The molecule has 0 spiro atoms. The van der Waals surface area contributed by atoms with Gasteiger partial charge in [-0.15, -0.1) is 0 Å². The minimum absolute atomic E-state index is 0.456. The van der Waals surface area contributed by atoms with Crippen LogP contribution in [0.15, 0.2) is 39.8 Å². The highest BCUT2D eigenvalue weighted by Crippen LogP contribution is 2.18. The van der Waals surface area contributed by atoms with E-state index in [-0.39, 0.29) is 0 Å². The Morgan fingerprint density at radius 2 is 2.20 bits per heavy atom. The molecular weight excluding hydrogens is 256 g/mol. The zero-order valence-corrected chi connectivity index (χ0v) is 9.57. The van der Waals surface area contributed by atoms with Crippen LogP contribution in [-0.4, -0.2) is 10.1 Å². The Morgan fingerprint density at radius 1 is 1.40 bits per heavy atom. The highest BCUT2D eigenvalue weighted by Gasteiger charge is 2.06. The minimum Gasteiger partial charge on any atom is -0.335 e. The molecule has 0 amide bonds. The van der Waals surface area contributed by atoms with E-state index in [1.807, 2.05) is 24.3 Å². The first-order chi connectivity index (χ1) is 7.29. The van der Waals surface area contributed by atoms with Gasteiger partial charge in [0.1, 0.15) is 0 Å². The van der Waals surface area contributed by atoms with Gasteiger partial charge in [-0.3, -0.25) is 0 Å². The molecule has 0 unspecified atom stereocenters. The number of hydrogen-bond donors (Lipinski definition) is 0. The fourth-order valence-electron chi connectivity index (χ4n) is 1.23. The molecule has 2 rings (SSSR count). The lowest BCUT2D eigenvalue weighted by Gasteiger charge is -1.99. The van der Waals surface area contributed by atoms with E-state index in [1.54, 1.807) is 0 Å². The summed E-state index contributed by atoms with van der Waals surface area (Å²) < 4.78 is 5.98. The molecule has 1 aromatic carbocycles. The first-order valence-corrected chi connectivity index (χ1v) is 5.27. The number of aromatic nitrogens is 2. The summed E-state index contributed by atoms with van der Waals surface area (Å²) in [5.41, 5.74) is 1.13. The first-order valence-electron chi connectivity index (χ1n) is 4.48. The molecule has 76 valence electrons. The van der Waals surface area contributed by atoms with Crippen LogP contribution in [0, 0.1) is 0 Å². The highest BCUT2D eigenvalue weighted by molar-refractivity contribution is 9.10. The number of benzene rings is 1. The molecule has 2 aromatic rings. The van der Waals surface area contributed by atoms with Crippen molar-refractivity contribution in [2.75, 3.05) is 0 Å². The molecular formula is C11H9BrN2O.